The average molecular weight is 270 g/mol. The van der Waals surface area contributed by atoms with E-state index in [9.17, 15) is 19.7 Å². The van der Waals surface area contributed by atoms with Crippen LogP contribution in [0.15, 0.2) is 18.2 Å². The normalized spacial score (nSPS) is 14.5. The third-order valence-electron chi connectivity index (χ3n) is 2.50. The van der Waals surface area contributed by atoms with Gasteiger partial charge in [0.1, 0.15) is 0 Å². The first-order valence-corrected chi connectivity index (χ1v) is 5.42. The average Bonchev–Trinajstić information content (AvgIpc) is 2.74. The van der Waals surface area contributed by atoms with E-state index in [2.05, 4.69) is 5.32 Å². The van der Waals surface area contributed by atoms with Crippen LogP contribution in [0, 0.1) is 10.1 Å². The van der Waals surface area contributed by atoms with Gasteiger partial charge in [0.15, 0.2) is 0 Å². The minimum absolute atomic E-state index is 0.0473. The monoisotopic (exact) mass is 269 g/mol. The number of carbonyl (C=O) groups is 2. The summed E-state index contributed by atoms with van der Waals surface area (Å²) in [4.78, 5) is 34.2. The number of urea groups is 1. The number of halogens is 1. The van der Waals surface area contributed by atoms with Gasteiger partial charge < -0.3 is 5.32 Å². The van der Waals surface area contributed by atoms with Crippen molar-refractivity contribution in [1.29, 1.82) is 0 Å². The minimum atomic E-state index is -0.608. The second kappa shape index (κ2) is 4.61. The Bertz CT molecular complexity index is 546. The van der Waals surface area contributed by atoms with Gasteiger partial charge in [-0.1, -0.05) is 11.6 Å². The molecule has 0 saturated carbocycles. The molecule has 0 unspecified atom stereocenters. The maximum Gasteiger partial charge on any atom is 0.324 e. The summed E-state index contributed by atoms with van der Waals surface area (Å²) in [6.45, 7) is 0.639. The number of hydrogen-bond donors (Lipinski definition) is 1. The van der Waals surface area contributed by atoms with E-state index in [1.807, 2.05) is 0 Å². The zero-order chi connectivity index (χ0) is 13.3. The maximum atomic E-state index is 12.0. The number of nitrogens with one attached hydrogen (secondary N) is 1. The highest BCUT2D eigenvalue weighted by molar-refractivity contribution is 6.34. The minimum Gasteiger partial charge on any atom is -0.336 e. The third kappa shape index (κ3) is 2.12. The van der Waals surface area contributed by atoms with Gasteiger partial charge in [-0.25, -0.2) is 4.79 Å². The standard InChI is InChI=1S/C10H8ClN3O4/c11-8-5-6(14(17)18)1-2-7(8)9(15)13-4-3-12-10(13)16/h1-2,5H,3-4H2,(H,12,16). The molecule has 1 N–H and O–H groups in total. The van der Waals surface area contributed by atoms with Gasteiger partial charge >= 0.3 is 6.03 Å². The summed E-state index contributed by atoms with van der Waals surface area (Å²) in [6.07, 6.45) is 0. The first-order valence-electron chi connectivity index (χ1n) is 5.04. The number of imide groups is 1. The Morgan fingerprint density at radius 3 is 2.72 bits per heavy atom. The van der Waals surface area contributed by atoms with Gasteiger partial charge in [-0.15, -0.1) is 0 Å². The molecule has 1 aromatic rings. The van der Waals surface area contributed by atoms with Crippen molar-refractivity contribution in [2.24, 2.45) is 0 Å². The first-order chi connectivity index (χ1) is 8.50. The van der Waals surface area contributed by atoms with Crippen LogP contribution in [0.25, 0.3) is 0 Å². The number of amides is 3. The molecule has 1 saturated heterocycles. The molecule has 2 rings (SSSR count). The van der Waals surface area contributed by atoms with E-state index in [0.29, 0.717) is 6.54 Å². The summed E-state index contributed by atoms with van der Waals surface area (Å²) in [5.74, 6) is -0.565. The van der Waals surface area contributed by atoms with Gasteiger partial charge in [-0.05, 0) is 6.07 Å². The van der Waals surface area contributed by atoms with Crippen LogP contribution >= 0.6 is 11.6 Å². The van der Waals surface area contributed by atoms with E-state index in [-0.39, 0.29) is 22.8 Å². The lowest BCUT2D eigenvalue weighted by Crippen LogP contribution is -2.34. The van der Waals surface area contributed by atoms with E-state index in [1.165, 1.54) is 12.1 Å². The number of benzene rings is 1. The lowest BCUT2D eigenvalue weighted by Gasteiger charge is -2.12. The molecule has 0 spiro atoms. The molecule has 3 amide bonds. The van der Waals surface area contributed by atoms with Crippen LogP contribution in [0.5, 0.6) is 0 Å². The molecule has 18 heavy (non-hydrogen) atoms. The Morgan fingerprint density at radius 1 is 1.50 bits per heavy atom. The topological polar surface area (TPSA) is 92.6 Å². The number of hydrogen-bond acceptors (Lipinski definition) is 4. The number of nitrogens with zero attached hydrogens (tertiary/aromatic N) is 2. The van der Waals surface area contributed by atoms with E-state index < -0.39 is 16.9 Å². The van der Waals surface area contributed by atoms with Gasteiger partial charge in [0.2, 0.25) is 0 Å². The molecular weight excluding hydrogens is 262 g/mol. The fraction of sp³-hybridized carbons (Fsp3) is 0.200. The number of nitro groups is 1. The Balaban J connectivity index is 2.31. The molecule has 0 atom stereocenters. The highest BCUT2D eigenvalue weighted by atomic mass is 35.5. The summed E-state index contributed by atoms with van der Waals surface area (Å²) in [5.41, 5.74) is -0.137. The molecule has 1 aliphatic rings. The van der Waals surface area contributed by atoms with Crippen LogP contribution < -0.4 is 5.32 Å². The van der Waals surface area contributed by atoms with Crippen LogP contribution in [0.1, 0.15) is 10.4 Å². The number of nitro benzene ring substituents is 1. The van der Waals surface area contributed by atoms with Crippen molar-refractivity contribution >= 4 is 29.2 Å². The molecule has 0 radical (unpaired) electrons. The predicted octanol–water partition coefficient (Wildman–Crippen LogP) is 1.41. The van der Waals surface area contributed by atoms with Crippen molar-refractivity contribution in [2.75, 3.05) is 13.1 Å². The quantitative estimate of drug-likeness (QED) is 0.649. The molecule has 8 heteroatoms. The molecule has 7 nitrogen and oxygen atoms in total. The summed E-state index contributed by atoms with van der Waals surface area (Å²) in [5, 5.41) is 13.0. The molecule has 94 valence electrons. The smallest absolute Gasteiger partial charge is 0.324 e. The van der Waals surface area contributed by atoms with Gasteiger partial charge in [-0.2, -0.15) is 0 Å². The first kappa shape index (κ1) is 12.3. The molecule has 1 aromatic carbocycles. The van der Waals surface area contributed by atoms with Crippen molar-refractivity contribution < 1.29 is 14.5 Å². The van der Waals surface area contributed by atoms with Gasteiger partial charge in [0.25, 0.3) is 11.6 Å². The third-order valence-corrected chi connectivity index (χ3v) is 2.81. The summed E-state index contributed by atoms with van der Waals surface area (Å²) < 4.78 is 0. The lowest BCUT2D eigenvalue weighted by atomic mass is 10.2. The predicted molar refractivity (Wildman–Crippen MR) is 62.5 cm³/mol. The van der Waals surface area contributed by atoms with E-state index >= 15 is 0 Å². The van der Waals surface area contributed by atoms with Crippen LogP contribution in [0.3, 0.4) is 0 Å². The van der Waals surface area contributed by atoms with Crippen molar-refractivity contribution in [3.8, 4) is 0 Å². The summed E-state index contributed by atoms with van der Waals surface area (Å²) in [6, 6.07) is 3.01. The van der Waals surface area contributed by atoms with E-state index in [0.717, 1.165) is 11.0 Å². The van der Waals surface area contributed by atoms with Crippen LogP contribution in [-0.2, 0) is 0 Å². The number of carbonyl (C=O) groups excluding carboxylic acids is 2. The molecule has 0 bridgehead atoms. The van der Waals surface area contributed by atoms with Crippen LogP contribution in [0.2, 0.25) is 5.02 Å². The van der Waals surface area contributed by atoms with Gasteiger partial charge in [0.05, 0.1) is 15.5 Å². The number of non-ortho nitro benzene ring substituents is 1. The molecular formula is C10H8ClN3O4. The fourth-order valence-corrected chi connectivity index (χ4v) is 1.86. The van der Waals surface area contributed by atoms with Crippen molar-refractivity contribution in [3.05, 3.63) is 38.9 Å². The van der Waals surface area contributed by atoms with Gasteiger partial charge in [0, 0.05) is 25.2 Å². The van der Waals surface area contributed by atoms with E-state index in [4.69, 9.17) is 11.6 Å². The van der Waals surface area contributed by atoms with Crippen molar-refractivity contribution in [3.63, 3.8) is 0 Å². The highest BCUT2D eigenvalue weighted by Crippen LogP contribution is 2.24. The maximum absolute atomic E-state index is 12.0. The molecule has 1 fully saturated rings. The van der Waals surface area contributed by atoms with Crippen molar-refractivity contribution in [2.45, 2.75) is 0 Å². The summed E-state index contributed by atoms with van der Waals surface area (Å²) >= 11 is 5.81. The number of rotatable bonds is 2. The highest BCUT2D eigenvalue weighted by Gasteiger charge is 2.28. The van der Waals surface area contributed by atoms with Crippen LogP contribution in [0.4, 0.5) is 10.5 Å². The van der Waals surface area contributed by atoms with Gasteiger partial charge in [-0.3, -0.25) is 19.8 Å². The second-order valence-electron chi connectivity index (χ2n) is 3.61. The zero-order valence-corrected chi connectivity index (χ0v) is 9.81. The van der Waals surface area contributed by atoms with E-state index in [1.54, 1.807) is 0 Å². The Morgan fingerprint density at radius 2 is 2.22 bits per heavy atom. The molecule has 0 aromatic heterocycles. The molecule has 1 aliphatic heterocycles. The molecule has 0 aliphatic carbocycles. The fourth-order valence-electron chi connectivity index (χ4n) is 1.60. The van der Waals surface area contributed by atoms with Crippen molar-refractivity contribution in [1.82, 2.24) is 10.2 Å². The SMILES string of the molecule is O=C1NCCN1C(=O)c1ccc([N+](=O)[O-])cc1Cl. The Labute approximate surface area is 106 Å². The lowest BCUT2D eigenvalue weighted by molar-refractivity contribution is -0.384. The zero-order valence-electron chi connectivity index (χ0n) is 9.05. The largest absolute Gasteiger partial charge is 0.336 e. The Kier molecular flexibility index (Phi) is 3.15. The second-order valence-corrected chi connectivity index (χ2v) is 4.02. The summed E-state index contributed by atoms with van der Waals surface area (Å²) in [7, 11) is 0. The molecule has 1 heterocycles. The van der Waals surface area contributed by atoms with Crippen LogP contribution in [-0.4, -0.2) is 34.9 Å². The Hall–Kier alpha value is -2.15.